The number of anilines is 1. The van der Waals surface area contributed by atoms with Gasteiger partial charge in [-0.25, -0.2) is 23.4 Å². The van der Waals surface area contributed by atoms with E-state index >= 15 is 0 Å². The number of hydrogen-bond acceptors (Lipinski definition) is 11. The molecule has 4 atom stereocenters. The maximum atomic E-state index is 13.1. The van der Waals surface area contributed by atoms with Gasteiger partial charge in [0.15, 0.2) is 33.0 Å². The standard InChI is InChI=1S/C27H30N6O7S/c1-3-39-18-6-4-5-17(11-18)26(36)32-21-23(35)20(13-34)40-27(21)33-15-31-22-24(29-14-30-25(22)33)28-12-16-7-9-19(10-8-16)41(2,37)38/h4-11,14-15,20-21,23,27,34-35H,3,12-13H2,1-2H3,(H,32,36)(H,28,29,30)/t20-,21-,23-,27-/m1/s1. The Balaban J connectivity index is 1.38. The van der Waals surface area contributed by atoms with Gasteiger partial charge < -0.3 is 30.3 Å². The van der Waals surface area contributed by atoms with Crippen LogP contribution in [0.25, 0.3) is 11.2 Å². The molecule has 3 heterocycles. The summed E-state index contributed by atoms with van der Waals surface area (Å²) in [6.45, 7) is 2.17. The maximum absolute atomic E-state index is 13.1. The van der Waals surface area contributed by atoms with E-state index in [0.717, 1.165) is 11.8 Å². The number of aromatic nitrogens is 4. The fourth-order valence-electron chi connectivity index (χ4n) is 4.63. The number of carbonyl (C=O) groups excluding carboxylic acids is 1. The largest absolute Gasteiger partial charge is 0.494 e. The van der Waals surface area contributed by atoms with Crippen LogP contribution in [0.5, 0.6) is 5.75 Å². The molecule has 1 saturated heterocycles. The quantitative estimate of drug-likeness (QED) is 0.212. The van der Waals surface area contributed by atoms with E-state index in [0.29, 0.717) is 41.4 Å². The highest BCUT2D eigenvalue weighted by Crippen LogP contribution is 2.32. The summed E-state index contributed by atoms with van der Waals surface area (Å²) in [6, 6.07) is 12.2. The van der Waals surface area contributed by atoms with Crippen molar-refractivity contribution in [2.45, 2.75) is 42.8 Å². The second kappa shape index (κ2) is 11.8. The molecule has 1 amide bonds. The van der Waals surface area contributed by atoms with Crippen LogP contribution in [-0.4, -0.2) is 81.8 Å². The van der Waals surface area contributed by atoms with Crippen molar-refractivity contribution in [2.24, 2.45) is 0 Å². The fraction of sp³-hybridized carbons (Fsp3) is 0.333. The van der Waals surface area contributed by atoms with Crippen LogP contribution in [0, 0.1) is 0 Å². The molecule has 0 saturated carbocycles. The molecule has 4 N–H and O–H groups in total. The molecule has 1 aliphatic heterocycles. The number of carbonyl (C=O) groups is 1. The number of ether oxygens (including phenoxy) is 2. The molecule has 0 aliphatic carbocycles. The minimum atomic E-state index is -3.29. The number of fused-ring (bicyclic) bond motifs is 1. The van der Waals surface area contributed by atoms with Crippen molar-refractivity contribution in [3.8, 4) is 5.75 Å². The van der Waals surface area contributed by atoms with Crippen molar-refractivity contribution in [2.75, 3.05) is 24.8 Å². The SMILES string of the molecule is CCOc1cccc(C(=O)N[C@@H]2[C@H](O)[C@@H](CO)O[C@H]2n2cnc3c(NCc4ccc(S(C)(=O)=O)cc4)ncnc32)c1. The Labute approximate surface area is 236 Å². The van der Waals surface area contributed by atoms with Crippen molar-refractivity contribution in [3.63, 3.8) is 0 Å². The third-order valence-electron chi connectivity index (χ3n) is 6.70. The first kappa shape index (κ1) is 28.4. The highest BCUT2D eigenvalue weighted by Gasteiger charge is 2.46. The number of amides is 1. The van der Waals surface area contributed by atoms with Gasteiger partial charge in [0.1, 0.15) is 30.3 Å². The van der Waals surface area contributed by atoms with Gasteiger partial charge in [0.25, 0.3) is 5.91 Å². The van der Waals surface area contributed by atoms with E-state index < -0.39 is 46.8 Å². The Kier molecular flexibility index (Phi) is 8.17. The van der Waals surface area contributed by atoms with E-state index in [2.05, 4.69) is 25.6 Å². The first-order valence-corrected chi connectivity index (χ1v) is 14.8. The van der Waals surface area contributed by atoms with Gasteiger partial charge in [-0.3, -0.25) is 9.36 Å². The zero-order valence-corrected chi connectivity index (χ0v) is 23.2. The Bertz CT molecular complexity index is 1640. The third-order valence-corrected chi connectivity index (χ3v) is 7.83. The highest BCUT2D eigenvalue weighted by atomic mass is 32.2. The molecule has 1 fully saturated rings. The van der Waals surface area contributed by atoms with Crippen LogP contribution < -0.4 is 15.4 Å². The van der Waals surface area contributed by atoms with Gasteiger partial charge in [0, 0.05) is 18.4 Å². The Hall–Kier alpha value is -4.11. The molecule has 41 heavy (non-hydrogen) atoms. The molecule has 216 valence electrons. The predicted molar refractivity (Wildman–Crippen MR) is 148 cm³/mol. The molecule has 1 aliphatic rings. The van der Waals surface area contributed by atoms with Crippen molar-refractivity contribution in [1.29, 1.82) is 0 Å². The molecule has 5 rings (SSSR count). The third kappa shape index (κ3) is 6.00. The second-order valence-electron chi connectivity index (χ2n) is 9.51. The second-order valence-corrected chi connectivity index (χ2v) is 11.5. The van der Waals surface area contributed by atoms with E-state index in [1.54, 1.807) is 53.1 Å². The summed E-state index contributed by atoms with van der Waals surface area (Å²) in [6.07, 6.45) is 0.870. The van der Waals surface area contributed by atoms with Crippen LogP contribution in [0.1, 0.15) is 29.1 Å². The van der Waals surface area contributed by atoms with Crippen molar-refractivity contribution < 1.29 is 32.9 Å². The lowest BCUT2D eigenvalue weighted by Crippen LogP contribution is -2.46. The Morgan fingerprint density at radius 3 is 2.63 bits per heavy atom. The van der Waals surface area contributed by atoms with E-state index in [-0.39, 0.29) is 4.90 Å². The molecule has 4 aromatic rings. The van der Waals surface area contributed by atoms with Crippen molar-refractivity contribution in [1.82, 2.24) is 24.8 Å². The molecule has 0 bridgehead atoms. The summed E-state index contributed by atoms with van der Waals surface area (Å²) >= 11 is 0. The molecule has 0 unspecified atom stereocenters. The van der Waals surface area contributed by atoms with Crippen LogP contribution in [0.2, 0.25) is 0 Å². The van der Waals surface area contributed by atoms with E-state index in [1.807, 2.05) is 6.92 Å². The van der Waals surface area contributed by atoms with E-state index in [1.165, 1.54) is 12.7 Å². The molecule has 0 radical (unpaired) electrons. The lowest BCUT2D eigenvalue weighted by molar-refractivity contribution is -0.0440. The van der Waals surface area contributed by atoms with Gasteiger partial charge in [-0.2, -0.15) is 0 Å². The molecular weight excluding hydrogens is 552 g/mol. The van der Waals surface area contributed by atoms with Crippen LogP contribution in [0.3, 0.4) is 0 Å². The first-order chi connectivity index (χ1) is 19.7. The zero-order chi connectivity index (χ0) is 29.1. The normalized spacial score (nSPS) is 20.7. The molecule has 13 nitrogen and oxygen atoms in total. The van der Waals surface area contributed by atoms with Crippen LogP contribution >= 0.6 is 0 Å². The average Bonchev–Trinajstić information content (AvgIpc) is 3.53. The number of aliphatic hydroxyl groups is 2. The van der Waals surface area contributed by atoms with Gasteiger partial charge in [0.2, 0.25) is 0 Å². The summed E-state index contributed by atoms with van der Waals surface area (Å²) in [5.41, 5.74) is 1.96. The molecule has 0 spiro atoms. The summed E-state index contributed by atoms with van der Waals surface area (Å²) < 4.78 is 36.4. The minimum Gasteiger partial charge on any atom is -0.494 e. The lowest BCUT2D eigenvalue weighted by atomic mass is 10.1. The van der Waals surface area contributed by atoms with Gasteiger partial charge in [-0.05, 0) is 42.8 Å². The number of nitrogens with zero attached hydrogens (tertiary/aromatic N) is 4. The van der Waals surface area contributed by atoms with Gasteiger partial charge in [-0.1, -0.05) is 18.2 Å². The maximum Gasteiger partial charge on any atom is 0.251 e. The minimum absolute atomic E-state index is 0.230. The number of hydrogen-bond donors (Lipinski definition) is 4. The lowest BCUT2D eigenvalue weighted by Gasteiger charge is -2.23. The van der Waals surface area contributed by atoms with Gasteiger partial charge in [0.05, 0.1) is 24.4 Å². The number of aliphatic hydroxyl groups excluding tert-OH is 2. The number of sulfone groups is 1. The first-order valence-electron chi connectivity index (χ1n) is 12.9. The number of benzene rings is 2. The fourth-order valence-corrected chi connectivity index (χ4v) is 5.26. The van der Waals surface area contributed by atoms with Gasteiger partial charge in [-0.15, -0.1) is 0 Å². The Morgan fingerprint density at radius 2 is 1.93 bits per heavy atom. The smallest absolute Gasteiger partial charge is 0.251 e. The summed E-state index contributed by atoms with van der Waals surface area (Å²) in [4.78, 5) is 26.4. The highest BCUT2D eigenvalue weighted by molar-refractivity contribution is 7.90. The average molecular weight is 583 g/mol. The van der Waals surface area contributed by atoms with Crippen molar-refractivity contribution in [3.05, 3.63) is 72.3 Å². The van der Waals surface area contributed by atoms with Crippen molar-refractivity contribution >= 4 is 32.7 Å². The zero-order valence-electron chi connectivity index (χ0n) is 22.3. The molecule has 2 aromatic heterocycles. The van der Waals surface area contributed by atoms with E-state index in [4.69, 9.17) is 9.47 Å². The van der Waals surface area contributed by atoms with Crippen LogP contribution in [-0.2, 0) is 21.1 Å². The summed E-state index contributed by atoms with van der Waals surface area (Å²) in [5, 5.41) is 26.7. The molecule has 2 aromatic carbocycles. The predicted octanol–water partition coefficient (Wildman–Crippen LogP) is 1.29. The number of rotatable bonds is 10. The van der Waals surface area contributed by atoms with Crippen LogP contribution in [0.4, 0.5) is 5.82 Å². The monoisotopic (exact) mass is 582 g/mol. The molecule has 14 heteroatoms. The summed E-state index contributed by atoms with van der Waals surface area (Å²) in [5.74, 6) is 0.509. The Morgan fingerprint density at radius 1 is 1.15 bits per heavy atom. The number of nitrogens with one attached hydrogen (secondary N) is 2. The van der Waals surface area contributed by atoms with Gasteiger partial charge >= 0.3 is 0 Å². The number of imidazole rings is 1. The molecular formula is C27H30N6O7S. The van der Waals surface area contributed by atoms with Crippen LogP contribution in [0.15, 0.2) is 66.1 Å². The topological polar surface area (TPSA) is 178 Å². The summed E-state index contributed by atoms with van der Waals surface area (Å²) in [7, 11) is -3.29. The van der Waals surface area contributed by atoms with E-state index in [9.17, 15) is 23.4 Å².